The summed E-state index contributed by atoms with van der Waals surface area (Å²) in [6.07, 6.45) is 0. The van der Waals surface area contributed by atoms with Crippen LogP contribution in [0.3, 0.4) is 0 Å². The number of hydrogen-bond acceptors (Lipinski definition) is 2. The van der Waals surface area contributed by atoms with E-state index in [9.17, 15) is 0 Å². The molecule has 2 aromatic heterocycles. The number of pyridine rings is 1. The van der Waals surface area contributed by atoms with Gasteiger partial charge in [0, 0.05) is 50.0 Å². The third-order valence-electron chi connectivity index (χ3n) is 14.4. The van der Waals surface area contributed by atoms with Crippen LogP contribution in [0.5, 0.6) is 0 Å². The number of rotatable bonds is 6. The molecule has 0 fully saturated rings. The molecule has 0 bridgehead atoms. The van der Waals surface area contributed by atoms with E-state index in [0.717, 1.165) is 67.1 Å². The quantitative estimate of drug-likeness (QED) is 0.166. The van der Waals surface area contributed by atoms with Gasteiger partial charge in [-0.3, -0.25) is 0 Å². The van der Waals surface area contributed by atoms with Crippen molar-refractivity contribution < 1.29 is 0 Å². The molecular formula is C64H41N3. The van der Waals surface area contributed by atoms with Crippen LogP contribution in [0.15, 0.2) is 249 Å². The van der Waals surface area contributed by atoms with Crippen molar-refractivity contribution >= 4 is 49.8 Å². The van der Waals surface area contributed by atoms with Crippen molar-refractivity contribution in [2.24, 2.45) is 0 Å². The third-order valence-corrected chi connectivity index (χ3v) is 14.4. The predicted octanol–water partition coefficient (Wildman–Crippen LogP) is 16.5. The normalized spacial score (nSPS) is 12.9. The van der Waals surface area contributed by atoms with Crippen LogP contribution in [-0.2, 0) is 5.41 Å². The van der Waals surface area contributed by atoms with E-state index in [2.05, 4.69) is 258 Å². The molecule has 0 atom stereocenters. The van der Waals surface area contributed by atoms with Gasteiger partial charge in [0.05, 0.1) is 27.7 Å². The van der Waals surface area contributed by atoms with Crippen molar-refractivity contribution in [1.82, 2.24) is 9.55 Å². The largest absolute Gasteiger partial charge is 0.310 e. The van der Waals surface area contributed by atoms with Crippen LogP contribution in [0.25, 0.3) is 83.0 Å². The van der Waals surface area contributed by atoms with Crippen LogP contribution < -0.4 is 4.90 Å². The first-order chi connectivity index (χ1) is 33.2. The standard InChI is InChI=1S/C64H41N3/c1-4-18-42(19-5-1)55-38-43-20-10-17-31-60(43)65-63(55)44-32-35-53-54-37-34-48(41-62(54)67(61(53)39-44)46-23-8-3-9-24-46)66(45-21-6-2-7-22-45)47-33-36-52-51-27-13-16-30-58(51)64(59(52)40-47)56-28-14-11-25-49(56)50-26-12-15-29-57(50)64/h1-41H. The van der Waals surface area contributed by atoms with Crippen LogP contribution in [0.1, 0.15) is 22.3 Å². The van der Waals surface area contributed by atoms with Crippen molar-refractivity contribution in [3.05, 3.63) is 271 Å². The highest BCUT2D eigenvalue weighted by Gasteiger charge is 2.51. The lowest BCUT2D eigenvalue weighted by Crippen LogP contribution is -2.26. The fourth-order valence-corrected chi connectivity index (χ4v) is 11.6. The number of hydrogen-bond donors (Lipinski definition) is 0. The molecule has 10 aromatic carbocycles. The van der Waals surface area contributed by atoms with Crippen molar-refractivity contribution in [3.63, 3.8) is 0 Å². The summed E-state index contributed by atoms with van der Waals surface area (Å²) in [5.74, 6) is 0. The lowest BCUT2D eigenvalue weighted by Gasteiger charge is -2.32. The number of anilines is 3. The first-order valence-electron chi connectivity index (χ1n) is 23.1. The van der Waals surface area contributed by atoms with Gasteiger partial charge in [0.15, 0.2) is 0 Å². The van der Waals surface area contributed by atoms with Gasteiger partial charge in [-0.1, -0.05) is 182 Å². The van der Waals surface area contributed by atoms with Crippen molar-refractivity contribution in [3.8, 4) is 50.3 Å². The molecule has 2 aliphatic rings. The van der Waals surface area contributed by atoms with Crippen LogP contribution in [0, 0.1) is 0 Å². The molecule has 3 nitrogen and oxygen atoms in total. The Hall–Kier alpha value is -8.79. The molecule has 0 N–H and O–H groups in total. The minimum Gasteiger partial charge on any atom is -0.310 e. The maximum absolute atomic E-state index is 5.36. The molecule has 0 radical (unpaired) electrons. The Bertz CT molecular complexity index is 3860. The zero-order valence-electron chi connectivity index (χ0n) is 36.5. The molecule has 312 valence electrons. The number of benzene rings is 10. The van der Waals surface area contributed by atoms with Gasteiger partial charge in [-0.15, -0.1) is 0 Å². The van der Waals surface area contributed by atoms with Crippen LogP contribution >= 0.6 is 0 Å². The average molecular weight is 852 g/mol. The molecule has 2 aliphatic carbocycles. The summed E-state index contributed by atoms with van der Waals surface area (Å²) in [5, 5.41) is 3.51. The minimum absolute atomic E-state index is 0.445. The monoisotopic (exact) mass is 851 g/mol. The van der Waals surface area contributed by atoms with Gasteiger partial charge >= 0.3 is 0 Å². The summed E-state index contributed by atoms with van der Waals surface area (Å²) >= 11 is 0. The third kappa shape index (κ3) is 5.49. The summed E-state index contributed by atoms with van der Waals surface area (Å²) in [6, 6.07) is 91.1. The highest BCUT2D eigenvalue weighted by Crippen LogP contribution is 2.63. The maximum Gasteiger partial charge on any atom is 0.0788 e. The molecule has 0 unspecified atom stereocenters. The topological polar surface area (TPSA) is 21.1 Å². The Morgan fingerprint density at radius 2 is 0.866 bits per heavy atom. The molecule has 0 saturated heterocycles. The highest BCUT2D eigenvalue weighted by molar-refractivity contribution is 6.12. The SMILES string of the molecule is c1ccc(-c2cc3ccccc3nc2-c2ccc3c4ccc(N(c5ccccc5)c5ccc6c(c5)C5(c7ccccc7-c7ccccc75)c5ccccc5-6)cc4n(-c4ccccc4)c3c2)cc1. The zero-order chi connectivity index (χ0) is 44.1. The second kappa shape index (κ2) is 14.6. The van der Waals surface area contributed by atoms with E-state index in [4.69, 9.17) is 4.98 Å². The fraction of sp³-hybridized carbons (Fsp3) is 0.0156. The fourth-order valence-electron chi connectivity index (χ4n) is 11.6. The Morgan fingerprint density at radius 1 is 0.343 bits per heavy atom. The molecule has 2 heterocycles. The van der Waals surface area contributed by atoms with Crippen molar-refractivity contribution in [1.29, 1.82) is 0 Å². The second-order valence-electron chi connectivity index (χ2n) is 17.8. The predicted molar refractivity (Wildman–Crippen MR) is 278 cm³/mol. The molecule has 0 aliphatic heterocycles. The number of aromatic nitrogens is 2. The number of para-hydroxylation sites is 3. The van der Waals surface area contributed by atoms with E-state index in [1.54, 1.807) is 0 Å². The Labute approximate surface area is 389 Å². The van der Waals surface area contributed by atoms with Crippen molar-refractivity contribution in [2.75, 3.05) is 4.90 Å². The van der Waals surface area contributed by atoms with Crippen LogP contribution in [0.4, 0.5) is 17.1 Å². The molecule has 67 heavy (non-hydrogen) atoms. The Balaban J connectivity index is 0.995. The van der Waals surface area contributed by atoms with E-state index in [0.29, 0.717) is 0 Å². The molecule has 14 rings (SSSR count). The number of nitrogens with zero attached hydrogens (tertiary/aromatic N) is 3. The summed E-state index contributed by atoms with van der Waals surface area (Å²) in [6.45, 7) is 0. The maximum atomic E-state index is 5.36. The van der Waals surface area contributed by atoms with Gasteiger partial charge in [-0.2, -0.15) is 0 Å². The van der Waals surface area contributed by atoms with E-state index < -0.39 is 5.41 Å². The minimum atomic E-state index is -0.445. The summed E-state index contributed by atoms with van der Waals surface area (Å²) < 4.78 is 2.44. The van der Waals surface area contributed by atoms with E-state index in [1.807, 2.05) is 0 Å². The zero-order valence-corrected chi connectivity index (χ0v) is 36.5. The molecular weight excluding hydrogens is 811 g/mol. The number of fused-ring (bicyclic) bond motifs is 14. The molecule has 3 heteroatoms. The lowest BCUT2D eigenvalue weighted by molar-refractivity contribution is 0.793. The van der Waals surface area contributed by atoms with Crippen LogP contribution in [0.2, 0.25) is 0 Å². The smallest absolute Gasteiger partial charge is 0.0788 e. The van der Waals surface area contributed by atoms with Gasteiger partial charge < -0.3 is 9.47 Å². The molecule has 1 spiro atoms. The first kappa shape index (κ1) is 37.6. The van der Waals surface area contributed by atoms with Gasteiger partial charge in [-0.05, 0) is 117 Å². The van der Waals surface area contributed by atoms with E-state index >= 15 is 0 Å². The van der Waals surface area contributed by atoms with Gasteiger partial charge in [0.1, 0.15) is 0 Å². The second-order valence-corrected chi connectivity index (χ2v) is 17.8. The summed E-state index contributed by atoms with van der Waals surface area (Å²) in [4.78, 5) is 7.80. The summed E-state index contributed by atoms with van der Waals surface area (Å²) in [5.41, 5.74) is 22.0. The van der Waals surface area contributed by atoms with Crippen LogP contribution in [-0.4, -0.2) is 9.55 Å². The lowest BCUT2D eigenvalue weighted by atomic mass is 9.70. The molecule has 0 saturated carbocycles. The van der Waals surface area contributed by atoms with Gasteiger partial charge in [0.25, 0.3) is 0 Å². The Kier molecular flexibility index (Phi) is 8.20. The van der Waals surface area contributed by atoms with Crippen molar-refractivity contribution in [2.45, 2.75) is 5.41 Å². The van der Waals surface area contributed by atoms with E-state index in [1.165, 1.54) is 55.3 Å². The molecule has 0 amide bonds. The van der Waals surface area contributed by atoms with Gasteiger partial charge in [-0.25, -0.2) is 4.98 Å². The average Bonchev–Trinajstić information content (AvgIpc) is 4.00. The summed E-state index contributed by atoms with van der Waals surface area (Å²) in [7, 11) is 0. The van der Waals surface area contributed by atoms with E-state index in [-0.39, 0.29) is 0 Å². The van der Waals surface area contributed by atoms with Gasteiger partial charge in [0.2, 0.25) is 0 Å². The first-order valence-corrected chi connectivity index (χ1v) is 23.1. The Morgan fingerprint density at radius 3 is 1.55 bits per heavy atom. The molecule has 12 aromatic rings. The highest BCUT2D eigenvalue weighted by atomic mass is 15.1.